The fourth-order valence-electron chi connectivity index (χ4n) is 3.87. The van der Waals surface area contributed by atoms with E-state index in [-0.39, 0.29) is 12.4 Å². The second kappa shape index (κ2) is 10.1. The summed E-state index contributed by atoms with van der Waals surface area (Å²) in [5.74, 6) is 0.838. The zero-order valence-corrected chi connectivity index (χ0v) is 19.1. The number of rotatable bonds is 6. The minimum absolute atomic E-state index is 0. The Morgan fingerprint density at radius 1 is 0.667 bits per heavy atom. The van der Waals surface area contributed by atoms with E-state index in [1.807, 2.05) is 12.1 Å². The molecule has 4 rings (SSSR count). The van der Waals surface area contributed by atoms with Gasteiger partial charge in [-0.1, -0.05) is 72.3 Å². The smallest absolute Gasteiger partial charge is 0.127 e. The number of hydrogen-bond acceptors (Lipinski definition) is 1. The van der Waals surface area contributed by atoms with Crippen molar-refractivity contribution in [1.82, 2.24) is 0 Å². The molecule has 4 heteroatoms. The van der Waals surface area contributed by atoms with Gasteiger partial charge in [0.2, 0.25) is 0 Å². The molecule has 152 valence electrons. The fraction of sp³-hybridized carbons (Fsp3) is 0.0769. The van der Waals surface area contributed by atoms with Gasteiger partial charge in [0.1, 0.15) is 35.1 Å². The first-order chi connectivity index (χ1) is 14.2. The molecule has 0 unspecified atom stereocenters. The molecule has 30 heavy (non-hydrogen) atoms. The van der Waals surface area contributed by atoms with Crippen molar-refractivity contribution in [2.24, 2.45) is 0 Å². The maximum Gasteiger partial charge on any atom is 0.127 e. The molecule has 0 aliphatic carbocycles. The molecule has 0 saturated heterocycles. The van der Waals surface area contributed by atoms with Crippen molar-refractivity contribution in [3.8, 4) is 5.75 Å². The van der Waals surface area contributed by atoms with Gasteiger partial charge in [0.25, 0.3) is 0 Å². The second-order valence-corrected chi connectivity index (χ2v) is 10.9. The van der Waals surface area contributed by atoms with Crippen LogP contribution in [0.25, 0.3) is 0 Å². The Bertz CT molecular complexity index is 973. The molecule has 0 spiro atoms. The average Bonchev–Trinajstić information content (AvgIpc) is 2.80. The lowest BCUT2D eigenvalue weighted by atomic mass is 10.2. The van der Waals surface area contributed by atoms with E-state index in [0.29, 0.717) is 5.02 Å². The van der Waals surface area contributed by atoms with Crippen LogP contribution in [0.5, 0.6) is 5.75 Å². The topological polar surface area (TPSA) is 9.23 Å². The van der Waals surface area contributed by atoms with Gasteiger partial charge in [-0.25, -0.2) is 0 Å². The fourth-order valence-corrected chi connectivity index (χ4v) is 8.29. The van der Waals surface area contributed by atoms with Crippen LogP contribution in [0, 0.1) is 0 Å². The summed E-state index contributed by atoms with van der Waals surface area (Å²) >= 11 is 6.25. The molecule has 0 fully saturated rings. The van der Waals surface area contributed by atoms with E-state index in [4.69, 9.17) is 16.3 Å². The van der Waals surface area contributed by atoms with Gasteiger partial charge in [-0.15, -0.1) is 0 Å². The second-order valence-electron chi connectivity index (χ2n) is 6.93. The van der Waals surface area contributed by atoms with Gasteiger partial charge in [-0.3, -0.25) is 0 Å². The molecule has 0 aliphatic heterocycles. The lowest BCUT2D eigenvalue weighted by Gasteiger charge is -2.28. The molecular weight excluding hydrogens is 430 g/mol. The highest BCUT2D eigenvalue weighted by molar-refractivity contribution is 7.95. The molecule has 1 nitrogen and oxygen atoms in total. The first kappa shape index (κ1) is 22.4. The standard InChI is InChI=1S/C26H23ClOP.ClH/c1-28-26-19-22(27)18-17-21(26)20-29(23-11-5-2-6-12-23,24-13-7-3-8-14-24)25-15-9-4-10-16-25;/h2-19H,20H2,1H3;1H/q+1;/p-1. The van der Waals surface area contributed by atoms with Gasteiger partial charge >= 0.3 is 0 Å². The highest BCUT2D eigenvalue weighted by Crippen LogP contribution is 2.59. The van der Waals surface area contributed by atoms with Crippen molar-refractivity contribution < 1.29 is 17.1 Å². The van der Waals surface area contributed by atoms with E-state index in [9.17, 15) is 0 Å². The van der Waals surface area contributed by atoms with Crippen LogP contribution >= 0.6 is 18.9 Å². The molecule has 0 bridgehead atoms. The Hall–Kier alpha value is -2.31. The molecule has 0 amide bonds. The Morgan fingerprint density at radius 2 is 1.10 bits per heavy atom. The van der Waals surface area contributed by atoms with Gasteiger partial charge in [0.15, 0.2) is 0 Å². The zero-order chi connectivity index (χ0) is 20.1. The van der Waals surface area contributed by atoms with Crippen molar-refractivity contribution in [3.63, 3.8) is 0 Å². The molecule has 4 aromatic rings. The summed E-state index contributed by atoms with van der Waals surface area (Å²) in [5, 5.41) is 4.76. The van der Waals surface area contributed by atoms with Gasteiger partial charge in [0.05, 0.1) is 7.11 Å². The number of ether oxygens (including phenoxy) is 1. The normalized spacial score (nSPS) is 10.9. The summed E-state index contributed by atoms with van der Waals surface area (Å²) in [7, 11) is -0.242. The van der Waals surface area contributed by atoms with Crippen LogP contribution in [0.3, 0.4) is 0 Å². The minimum atomic E-state index is -1.95. The summed E-state index contributed by atoms with van der Waals surface area (Å²) in [4.78, 5) is 0. The number of hydrogen-bond donors (Lipinski definition) is 0. The van der Waals surface area contributed by atoms with Crippen LogP contribution < -0.4 is 33.1 Å². The highest BCUT2D eigenvalue weighted by Gasteiger charge is 2.45. The summed E-state index contributed by atoms with van der Waals surface area (Å²) < 4.78 is 5.71. The van der Waals surface area contributed by atoms with Crippen LogP contribution in [0.2, 0.25) is 5.02 Å². The Balaban J connectivity index is 0.00000256. The van der Waals surface area contributed by atoms with Crippen LogP contribution in [0.1, 0.15) is 5.56 Å². The highest BCUT2D eigenvalue weighted by atomic mass is 35.5. The van der Waals surface area contributed by atoms with Gasteiger partial charge in [0, 0.05) is 10.6 Å². The van der Waals surface area contributed by atoms with Gasteiger partial charge in [-0.05, 0) is 48.5 Å². The molecule has 0 atom stereocenters. The summed E-state index contributed by atoms with van der Waals surface area (Å²) in [6.07, 6.45) is 0.866. The average molecular weight is 453 g/mol. The van der Waals surface area contributed by atoms with Gasteiger partial charge < -0.3 is 17.1 Å². The Kier molecular flexibility index (Phi) is 7.56. The van der Waals surface area contributed by atoms with Crippen LogP contribution in [0.4, 0.5) is 0 Å². The third-order valence-electron chi connectivity index (χ3n) is 5.25. The lowest BCUT2D eigenvalue weighted by molar-refractivity contribution is -0.00000584. The summed E-state index contributed by atoms with van der Waals surface area (Å²) in [6, 6.07) is 38.6. The van der Waals surface area contributed by atoms with Crippen molar-refractivity contribution in [3.05, 3.63) is 120 Å². The van der Waals surface area contributed by atoms with Crippen molar-refractivity contribution in [2.75, 3.05) is 7.11 Å². The zero-order valence-electron chi connectivity index (χ0n) is 16.7. The SMILES string of the molecule is COc1cc(Cl)ccc1C[P+](c1ccccc1)(c1ccccc1)c1ccccc1.[Cl-]. The quantitative estimate of drug-likeness (QED) is 0.408. The predicted octanol–water partition coefficient (Wildman–Crippen LogP) is 2.85. The van der Waals surface area contributed by atoms with E-state index in [1.54, 1.807) is 7.11 Å². The minimum Gasteiger partial charge on any atom is -1.00 e. The molecule has 0 N–H and O–H groups in total. The Morgan fingerprint density at radius 3 is 1.50 bits per heavy atom. The first-order valence-corrected chi connectivity index (χ1v) is 12.0. The van der Waals surface area contributed by atoms with Crippen LogP contribution in [-0.2, 0) is 6.16 Å². The van der Waals surface area contributed by atoms with E-state index < -0.39 is 7.26 Å². The maximum absolute atomic E-state index is 6.25. The van der Waals surface area contributed by atoms with Crippen molar-refractivity contribution in [1.29, 1.82) is 0 Å². The van der Waals surface area contributed by atoms with Crippen LogP contribution in [0.15, 0.2) is 109 Å². The Labute approximate surface area is 190 Å². The lowest BCUT2D eigenvalue weighted by Crippen LogP contribution is -3.00. The maximum atomic E-state index is 6.25. The molecular formula is C26H23Cl2OP. The third-order valence-corrected chi connectivity index (χ3v) is 9.84. The van der Waals surface area contributed by atoms with E-state index in [1.165, 1.54) is 21.5 Å². The molecule has 0 radical (unpaired) electrons. The van der Waals surface area contributed by atoms with Crippen molar-refractivity contribution >= 4 is 34.8 Å². The largest absolute Gasteiger partial charge is 1.00 e. The number of halogens is 2. The third kappa shape index (κ3) is 4.40. The molecule has 0 saturated carbocycles. The summed E-state index contributed by atoms with van der Waals surface area (Å²) in [6.45, 7) is 0. The van der Waals surface area contributed by atoms with E-state index in [0.717, 1.165) is 11.9 Å². The number of benzene rings is 4. The monoisotopic (exact) mass is 452 g/mol. The predicted molar refractivity (Wildman–Crippen MR) is 127 cm³/mol. The molecule has 4 aromatic carbocycles. The van der Waals surface area contributed by atoms with Gasteiger partial charge in [-0.2, -0.15) is 0 Å². The number of methoxy groups -OCH3 is 1. The molecule has 0 heterocycles. The molecule has 0 aromatic heterocycles. The van der Waals surface area contributed by atoms with Crippen molar-refractivity contribution in [2.45, 2.75) is 6.16 Å². The summed E-state index contributed by atoms with van der Waals surface area (Å²) in [5.41, 5.74) is 1.17. The van der Waals surface area contributed by atoms with E-state index in [2.05, 4.69) is 97.1 Å². The van der Waals surface area contributed by atoms with E-state index >= 15 is 0 Å². The molecule has 0 aliphatic rings. The van der Waals surface area contributed by atoms with Crippen LogP contribution in [-0.4, -0.2) is 7.11 Å². The first-order valence-electron chi connectivity index (χ1n) is 9.61.